The Labute approximate surface area is 195 Å². The van der Waals surface area contributed by atoms with Gasteiger partial charge < -0.3 is 0 Å². The van der Waals surface area contributed by atoms with Crippen LogP contribution in [0.2, 0.25) is 0 Å². The summed E-state index contributed by atoms with van der Waals surface area (Å²) in [4.78, 5) is 47.4. The highest BCUT2D eigenvalue weighted by Crippen LogP contribution is 2.24. The highest BCUT2D eigenvalue weighted by atomic mass is 32.2. The maximum atomic E-state index is 13.0. The first-order valence-electron chi connectivity index (χ1n) is 10.8. The summed E-state index contributed by atoms with van der Waals surface area (Å²) in [5, 5.41) is 6.61. The van der Waals surface area contributed by atoms with E-state index in [1.807, 2.05) is 44.2 Å². The topological polar surface area (TPSA) is 102 Å². The van der Waals surface area contributed by atoms with Gasteiger partial charge in [0.15, 0.2) is 5.65 Å². The lowest BCUT2D eigenvalue weighted by Crippen LogP contribution is -2.39. The zero-order chi connectivity index (χ0) is 23.7. The molecule has 0 fully saturated rings. The van der Waals surface area contributed by atoms with Crippen molar-refractivity contribution in [2.75, 3.05) is 12.3 Å². The third-order valence-corrected chi connectivity index (χ3v) is 6.30. The zero-order valence-electron chi connectivity index (χ0n) is 19.1. The molecule has 1 aliphatic rings. The summed E-state index contributed by atoms with van der Waals surface area (Å²) in [6, 6.07) is 9.78. The number of carbonyl (C=O) groups is 1. The standard InChI is InChI=1S/C23H26N6O3S/c1-14(2)12-28-20-19(22(31)27(4)23(28)32)21(25-15(3)24-20)33-13-18(30)29-11-10-17(26-29)16-8-6-5-7-9-16/h5-9,14H,10-13H2,1-4H3. The third-order valence-electron chi connectivity index (χ3n) is 5.34. The van der Waals surface area contributed by atoms with Crippen LogP contribution < -0.4 is 11.2 Å². The van der Waals surface area contributed by atoms with Crippen LogP contribution in [0.4, 0.5) is 0 Å². The molecule has 0 saturated heterocycles. The normalized spacial score (nSPS) is 13.7. The summed E-state index contributed by atoms with van der Waals surface area (Å²) in [5.74, 6) is 0.530. The van der Waals surface area contributed by atoms with Gasteiger partial charge in [-0.1, -0.05) is 55.9 Å². The van der Waals surface area contributed by atoms with Crippen LogP contribution in [0.3, 0.4) is 0 Å². The fourth-order valence-electron chi connectivity index (χ4n) is 3.75. The van der Waals surface area contributed by atoms with Crippen molar-refractivity contribution in [3.05, 3.63) is 62.6 Å². The van der Waals surface area contributed by atoms with Crippen LogP contribution in [0.5, 0.6) is 0 Å². The maximum absolute atomic E-state index is 13.0. The Hall–Kier alpha value is -3.27. The number of amides is 1. The SMILES string of the molecule is Cc1nc(SCC(=O)N2CCC(c3ccccc3)=N2)c2c(=O)n(C)c(=O)n(CC(C)C)c2n1. The summed E-state index contributed by atoms with van der Waals surface area (Å²) in [5.41, 5.74) is 1.32. The Bertz CT molecular complexity index is 1360. The van der Waals surface area contributed by atoms with Crippen molar-refractivity contribution in [1.82, 2.24) is 24.1 Å². The minimum absolute atomic E-state index is 0.0730. The number of rotatable bonds is 6. The largest absolute Gasteiger partial charge is 0.332 e. The lowest BCUT2D eigenvalue weighted by molar-refractivity contribution is -0.127. The summed E-state index contributed by atoms with van der Waals surface area (Å²) in [6.07, 6.45) is 0.692. The number of aromatic nitrogens is 4. The summed E-state index contributed by atoms with van der Waals surface area (Å²) >= 11 is 1.17. The highest BCUT2D eigenvalue weighted by Gasteiger charge is 2.23. The van der Waals surface area contributed by atoms with Crippen molar-refractivity contribution in [3.63, 3.8) is 0 Å². The molecule has 2 aromatic heterocycles. The quantitative estimate of drug-likeness (QED) is 0.408. The molecule has 0 saturated carbocycles. The number of nitrogens with zero attached hydrogens (tertiary/aromatic N) is 6. The van der Waals surface area contributed by atoms with Crippen molar-refractivity contribution in [2.45, 2.75) is 38.8 Å². The Morgan fingerprint density at radius 1 is 1.15 bits per heavy atom. The molecule has 9 nitrogen and oxygen atoms in total. The number of aryl methyl sites for hydroxylation is 1. The minimum Gasteiger partial charge on any atom is -0.277 e. The molecule has 0 N–H and O–H groups in total. The number of benzene rings is 1. The van der Waals surface area contributed by atoms with E-state index in [1.54, 1.807) is 6.92 Å². The number of fused-ring (bicyclic) bond motifs is 1. The molecule has 0 bridgehead atoms. The van der Waals surface area contributed by atoms with Crippen LogP contribution >= 0.6 is 11.8 Å². The first kappa shape index (κ1) is 22.9. The molecule has 0 radical (unpaired) electrons. The number of thioether (sulfide) groups is 1. The average molecular weight is 467 g/mol. The van der Waals surface area contributed by atoms with Crippen molar-refractivity contribution in [2.24, 2.45) is 18.1 Å². The van der Waals surface area contributed by atoms with Crippen molar-refractivity contribution in [3.8, 4) is 0 Å². The summed E-state index contributed by atoms with van der Waals surface area (Å²) in [7, 11) is 1.45. The second-order valence-corrected chi connectivity index (χ2v) is 9.36. The van der Waals surface area contributed by atoms with E-state index in [0.29, 0.717) is 36.0 Å². The zero-order valence-corrected chi connectivity index (χ0v) is 19.9. The molecule has 0 spiro atoms. The van der Waals surface area contributed by atoms with Gasteiger partial charge >= 0.3 is 5.69 Å². The molecule has 33 heavy (non-hydrogen) atoms. The molecule has 4 rings (SSSR count). The number of hydrazone groups is 1. The Balaban J connectivity index is 1.64. The Morgan fingerprint density at radius 2 is 1.88 bits per heavy atom. The van der Waals surface area contributed by atoms with E-state index < -0.39 is 11.2 Å². The third kappa shape index (κ3) is 4.61. The molecule has 1 amide bonds. The lowest BCUT2D eigenvalue weighted by Gasteiger charge is -2.15. The number of carbonyl (C=O) groups excluding carboxylic acids is 1. The van der Waals surface area contributed by atoms with E-state index in [-0.39, 0.29) is 23.0 Å². The molecular formula is C23H26N6O3S. The van der Waals surface area contributed by atoms with Crippen molar-refractivity contribution < 1.29 is 4.79 Å². The second-order valence-electron chi connectivity index (χ2n) is 8.39. The van der Waals surface area contributed by atoms with E-state index in [2.05, 4.69) is 15.1 Å². The van der Waals surface area contributed by atoms with E-state index in [4.69, 9.17) is 0 Å². The first-order valence-corrected chi connectivity index (χ1v) is 11.8. The van der Waals surface area contributed by atoms with Crippen LogP contribution in [0.15, 0.2) is 50.0 Å². The molecule has 3 aromatic rings. The van der Waals surface area contributed by atoms with Gasteiger partial charge in [-0.25, -0.2) is 19.8 Å². The first-order chi connectivity index (χ1) is 15.8. The van der Waals surface area contributed by atoms with Gasteiger partial charge in [0.2, 0.25) is 0 Å². The highest BCUT2D eigenvalue weighted by molar-refractivity contribution is 8.00. The lowest BCUT2D eigenvalue weighted by atomic mass is 10.1. The van der Waals surface area contributed by atoms with E-state index >= 15 is 0 Å². The van der Waals surface area contributed by atoms with Crippen LogP contribution in [0.1, 0.15) is 31.7 Å². The van der Waals surface area contributed by atoms with Gasteiger partial charge in [-0.15, -0.1) is 0 Å². The molecule has 10 heteroatoms. The van der Waals surface area contributed by atoms with Crippen LogP contribution in [-0.2, 0) is 18.4 Å². The molecular weight excluding hydrogens is 440 g/mol. The Kier molecular flexibility index (Phi) is 6.46. The molecule has 0 unspecified atom stereocenters. The van der Waals surface area contributed by atoms with Gasteiger partial charge in [0.05, 0.1) is 18.0 Å². The van der Waals surface area contributed by atoms with E-state index in [0.717, 1.165) is 15.8 Å². The van der Waals surface area contributed by atoms with Gasteiger partial charge in [-0.05, 0) is 18.4 Å². The fourth-order valence-corrected chi connectivity index (χ4v) is 4.68. The predicted octanol–water partition coefficient (Wildman–Crippen LogP) is 2.18. The Morgan fingerprint density at radius 3 is 2.58 bits per heavy atom. The smallest absolute Gasteiger partial charge is 0.277 e. The van der Waals surface area contributed by atoms with Gasteiger partial charge in [0, 0.05) is 20.0 Å². The van der Waals surface area contributed by atoms with Crippen molar-refractivity contribution >= 4 is 34.4 Å². The number of hydrogen-bond acceptors (Lipinski definition) is 7. The molecule has 172 valence electrons. The molecule has 0 aliphatic carbocycles. The second kappa shape index (κ2) is 9.30. The molecule has 1 aliphatic heterocycles. The van der Waals surface area contributed by atoms with Crippen LogP contribution in [0.25, 0.3) is 11.0 Å². The average Bonchev–Trinajstić information content (AvgIpc) is 3.29. The molecule has 3 heterocycles. The maximum Gasteiger partial charge on any atom is 0.332 e. The van der Waals surface area contributed by atoms with Crippen LogP contribution in [0, 0.1) is 12.8 Å². The van der Waals surface area contributed by atoms with E-state index in [1.165, 1.54) is 28.4 Å². The molecule has 1 aromatic carbocycles. The predicted molar refractivity (Wildman–Crippen MR) is 129 cm³/mol. The van der Waals surface area contributed by atoms with E-state index in [9.17, 15) is 14.4 Å². The van der Waals surface area contributed by atoms with Gasteiger partial charge in [-0.3, -0.25) is 18.7 Å². The van der Waals surface area contributed by atoms with Crippen molar-refractivity contribution in [1.29, 1.82) is 0 Å². The molecule has 0 atom stereocenters. The van der Waals surface area contributed by atoms with Crippen LogP contribution in [-0.4, -0.2) is 48.0 Å². The fraction of sp³-hybridized carbons (Fsp3) is 0.391. The monoisotopic (exact) mass is 466 g/mol. The van der Waals surface area contributed by atoms with Gasteiger partial charge in [0.25, 0.3) is 11.5 Å². The summed E-state index contributed by atoms with van der Waals surface area (Å²) < 4.78 is 2.59. The summed E-state index contributed by atoms with van der Waals surface area (Å²) in [6.45, 7) is 6.64. The minimum atomic E-state index is -0.462. The van der Waals surface area contributed by atoms with Gasteiger partial charge in [-0.2, -0.15) is 5.10 Å². The van der Waals surface area contributed by atoms with Gasteiger partial charge in [0.1, 0.15) is 16.2 Å². The number of hydrogen-bond donors (Lipinski definition) is 0.